The molecule has 0 bridgehead atoms. The molecule has 1 atom stereocenters. The van der Waals surface area contributed by atoms with E-state index in [1.54, 1.807) is 0 Å². The van der Waals surface area contributed by atoms with Crippen LogP contribution in [0.3, 0.4) is 0 Å². The van der Waals surface area contributed by atoms with Crippen LogP contribution in [0.25, 0.3) is 0 Å². The van der Waals surface area contributed by atoms with Crippen molar-refractivity contribution in [2.24, 2.45) is 11.3 Å². The van der Waals surface area contributed by atoms with Crippen LogP contribution in [0.4, 0.5) is 0 Å². The molecule has 1 unspecified atom stereocenters. The Morgan fingerprint density at radius 3 is 0.785 bits per heavy atom. The van der Waals surface area contributed by atoms with Gasteiger partial charge in [0.1, 0.15) is 0 Å². The Morgan fingerprint density at radius 1 is 0.262 bits per heavy atom. The standard InChI is InChI=1S/C65H128/c1-6-11-16-21-26-31-36-41-46-51-56-62-61-63(57-52-47-42-37-32-27-22-17-12-7-2)65(59-54-49-44-39-34-29-24-19-14-9-4,60-55-50-45-40-35-30-25-20-15-10-5)64(62)58-53-48-43-38-33-28-23-18-13-8-3/h63H,6-61H2,1-5H3. The summed E-state index contributed by atoms with van der Waals surface area (Å²) in [5, 5.41) is 0. The summed E-state index contributed by atoms with van der Waals surface area (Å²) in [5.74, 6) is 0.949. The largest absolute Gasteiger partial charge is 0.0701 e. The summed E-state index contributed by atoms with van der Waals surface area (Å²) in [6.45, 7) is 11.8. The van der Waals surface area contributed by atoms with Crippen LogP contribution in [0.2, 0.25) is 0 Å². The topological polar surface area (TPSA) is 0 Å². The summed E-state index contributed by atoms with van der Waals surface area (Å²) in [4.78, 5) is 0. The second kappa shape index (κ2) is 50.1. The smallest absolute Gasteiger partial charge is 0.00541 e. The number of rotatable bonds is 55. The third kappa shape index (κ3) is 36.4. The van der Waals surface area contributed by atoms with E-state index in [4.69, 9.17) is 0 Å². The first-order valence-corrected chi connectivity index (χ1v) is 31.9. The lowest BCUT2D eigenvalue weighted by Crippen LogP contribution is -2.29. The second-order valence-corrected chi connectivity index (χ2v) is 22.8. The molecule has 0 heterocycles. The van der Waals surface area contributed by atoms with Crippen LogP contribution in [0.5, 0.6) is 0 Å². The van der Waals surface area contributed by atoms with Gasteiger partial charge in [0.2, 0.25) is 0 Å². The van der Waals surface area contributed by atoms with Crippen molar-refractivity contribution in [1.82, 2.24) is 0 Å². The third-order valence-electron chi connectivity index (χ3n) is 16.8. The molecule has 65 heavy (non-hydrogen) atoms. The maximum atomic E-state index is 2.36. The van der Waals surface area contributed by atoms with Crippen molar-refractivity contribution in [1.29, 1.82) is 0 Å². The molecule has 0 spiro atoms. The van der Waals surface area contributed by atoms with Crippen LogP contribution in [-0.4, -0.2) is 0 Å². The molecular weight excluding hydrogens is 781 g/mol. The van der Waals surface area contributed by atoms with Crippen molar-refractivity contribution in [2.45, 2.75) is 394 Å². The molecule has 0 radical (unpaired) electrons. The van der Waals surface area contributed by atoms with Crippen LogP contribution in [0.1, 0.15) is 394 Å². The molecule has 0 nitrogen and oxygen atoms in total. The van der Waals surface area contributed by atoms with Crippen LogP contribution < -0.4 is 0 Å². The average Bonchev–Trinajstić information content (AvgIpc) is 3.60. The molecule has 388 valence electrons. The van der Waals surface area contributed by atoms with Gasteiger partial charge >= 0.3 is 0 Å². The lowest BCUT2D eigenvalue weighted by molar-refractivity contribution is 0.165. The minimum atomic E-state index is 0.534. The zero-order chi connectivity index (χ0) is 46.8. The molecule has 0 N–H and O–H groups in total. The van der Waals surface area contributed by atoms with Gasteiger partial charge in [-0.2, -0.15) is 0 Å². The minimum Gasteiger partial charge on any atom is -0.0701 e. The zero-order valence-corrected chi connectivity index (χ0v) is 46.7. The zero-order valence-electron chi connectivity index (χ0n) is 46.7. The Labute approximate surface area is 414 Å². The highest BCUT2D eigenvalue weighted by Crippen LogP contribution is 2.58. The molecule has 0 aromatic rings. The van der Waals surface area contributed by atoms with Gasteiger partial charge in [-0.15, -0.1) is 0 Å². The summed E-state index contributed by atoms with van der Waals surface area (Å²) in [6, 6.07) is 0. The van der Waals surface area contributed by atoms with Crippen molar-refractivity contribution in [3.05, 3.63) is 11.1 Å². The molecule has 0 aliphatic heterocycles. The molecule has 0 amide bonds. The van der Waals surface area contributed by atoms with E-state index in [9.17, 15) is 0 Å². The van der Waals surface area contributed by atoms with Crippen LogP contribution in [0, 0.1) is 11.3 Å². The maximum Gasteiger partial charge on any atom is -0.00541 e. The van der Waals surface area contributed by atoms with E-state index in [0.29, 0.717) is 5.41 Å². The summed E-state index contributed by atoms with van der Waals surface area (Å²) < 4.78 is 0. The SMILES string of the molecule is CCCCCCCCCCCCC1=C(CCCCCCCCCCCC)C(CCCCCCCCCCCC)(CCCCCCCCCCCC)C(CCCCCCCCCCCC)C1. The summed E-state index contributed by atoms with van der Waals surface area (Å²) in [6.07, 6.45) is 82.5. The van der Waals surface area contributed by atoms with Crippen molar-refractivity contribution in [3.63, 3.8) is 0 Å². The van der Waals surface area contributed by atoms with Crippen LogP contribution in [-0.2, 0) is 0 Å². The molecule has 1 aliphatic rings. The lowest BCUT2D eigenvalue weighted by atomic mass is 9.64. The fourth-order valence-corrected chi connectivity index (χ4v) is 12.5. The Balaban J connectivity index is 3.16. The molecular formula is C65H128. The summed E-state index contributed by atoms with van der Waals surface area (Å²) in [5.41, 5.74) is 4.68. The number of allylic oxidation sites excluding steroid dienone is 2. The summed E-state index contributed by atoms with van der Waals surface area (Å²) >= 11 is 0. The number of hydrogen-bond donors (Lipinski definition) is 0. The Morgan fingerprint density at radius 2 is 0.492 bits per heavy atom. The van der Waals surface area contributed by atoms with Crippen LogP contribution in [0.15, 0.2) is 11.1 Å². The fraction of sp³-hybridized carbons (Fsp3) is 0.969. The first-order valence-electron chi connectivity index (χ1n) is 31.9. The van der Waals surface area contributed by atoms with Gasteiger partial charge in [0, 0.05) is 0 Å². The molecule has 0 aromatic heterocycles. The average molecular weight is 910 g/mol. The van der Waals surface area contributed by atoms with Crippen molar-refractivity contribution >= 4 is 0 Å². The number of unbranched alkanes of at least 4 members (excludes halogenated alkanes) is 45. The van der Waals surface area contributed by atoms with Crippen molar-refractivity contribution in [3.8, 4) is 0 Å². The molecule has 0 fully saturated rings. The highest BCUT2D eigenvalue weighted by molar-refractivity contribution is 5.31. The highest BCUT2D eigenvalue weighted by atomic mass is 14.5. The molecule has 0 saturated heterocycles. The first kappa shape index (κ1) is 62.8. The van der Waals surface area contributed by atoms with E-state index < -0.39 is 0 Å². The first-order chi connectivity index (χ1) is 32.2. The van der Waals surface area contributed by atoms with Gasteiger partial charge in [-0.05, 0) is 62.7 Å². The van der Waals surface area contributed by atoms with Crippen molar-refractivity contribution in [2.75, 3.05) is 0 Å². The molecule has 0 aromatic carbocycles. The van der Waals surface area contributed by atoms with Gasteiger partial charge in [-0.25, -0.2) is 0 Å². The number of hydrogen-bond acceptors (Lipinski definition) is 0. The predicted molar refractivity (Wildman–Crippen MR) is 300 cm³/mol. The Kier molecular flexibility index (Phi) is 48.4. The summed E-state index contributed by atoms with van der Waals surface area (Å²) in [7, 11) is 0. The quantitative estimate of drug-likeness (QED) is 0.0421. The molecule has 0 heteroatoms. The third-order valence-corrected chi connectivity index (χ3v) is 16.8. The van der Waals surface area contributed by atoms with Gasteiger partial charge in [0.05, 0.1) is 0 Å². The highest BCUT2D eigenvalue weighted by Gasteiger charge is 2.46. The Hall–Kier alpha value is -0.260. The van der Waals surface area contributed by atoms with Gasteiger partial charge in [0.25, 0.3) is 0 Å². The normalized spacial score (nSPS) is 15.0. The van der Waals surface area contributed by atoms with Gasteiger partial charge in [-0.3, -0.25) is 0 Å². The lowest BCUT2D eigenvalue weighted by Gasteiger charge is -2.40. The molecule has 1 rings (SSSR count). The second-order valence-electron chi connectivity index (χ2n) is 22.8. The van der Waals surface area contributed by atoms with Gasteiger partial charge in [-0.1, -0.05) is 354 Å². The van der Waals surface area contributed by atoms with Gasteiger partial charge < -0.3 is 0 Å². The monoisotopic (exact) mass is 909 g/mol. The van der Waals surface area contributed by atoms with E-state index >= 15 is 0 Å². The van der Waals surface area contributed by atoms with Crippen LogP contribution >= 0.6 is 0 Å². The fourth-order valence-electron chi connectivity index (χ4n) is 12.5. The predicted octanol–water partition coefficient (Wildman–Crippen LogP) is 24.8. The Bertz CT molecular complexity index is 916. The van der Waals surface area contributed by atoms with E-state index in [2.05, 4.69) is 40.2 Å². The van der Waals surface area contributed by atoms with E-state index in [-0.39, 0.29) is 0 Å². The molecule has 0 saturated carbocycles. The van der Waals surface area contributed by atoms with Gasteiger partial charge in [0.15, 0.2) is 0 Å². The van der Waals surface area contributed by atoms with E-state index in [1.807, 2.05) is 5.57 Å². The minimum absolute atomic E-state index is 0.534. The maximum absolute atomic E-state index is 2.36. The molecule has 1 aliphatic carbocycles. The van der Waals surface area contributed by atoms with E-state index in [0.717, 1.165) is 5.92 Å². The van der Waals surface area contributed by atoms with E-state index in [1.165, 1.54) is 360 Å². The van der Waals surface area contributed by atoms with Crippen molar-refractivity contribution < 1.29 is 0 Å².